The van der Waals surface area contributed by atoms with Crippen molar-refractivity contribution in [3.8, 4) is 22.6 Å². The highest BCUT2D eigenvalue weighted by atomic mass is 16.5. The van der Waals surface area contributed by atoms with E-state index < -0.39 is 0 Å². The molecule has 3 aromatic rings. The molecule has 0 atom stereocenters. The Morgan fingerprint density at radius 2 is 1.85 bits per heavy atom. The average molecular weight is 349 g/mol. The first-order valence-corrected chi connectivity index (χ1v) is 9.41. The number of rotatable bonds is 4. The third-order valence-electron chi connectivity index (χ3n) is 5.52. The average Bonchev–Trinajstić information content (AvgIpc) is 3.31. The molecule has 1 aromatic carbocycles. The fourth-order valence-electron chi connectivity index (χ4n) is 4.15. The molecule has 1 saturated heterocycles. The molecule has 1 aliphatic heterocycles. The van der Waals surface area contributed by atoms with Crippen LogP contribution in [-0.2, 0) is 24.1 Å². The van der Waals surface area contributed by atoms with Gasteiger partial charge in [0.1, 0.15) is 0 Å². The van der Waals surface area contributed by atoms with Crippen molar-refractivity contribution in [3.05, 3.63) is 53.9 Å². The van der Waals surface area contributed by atoms with Gasteiger partial charge in [0.2, 0.25) is 0 Å². The zero-order chi connectivity index (χ0) is 17.3. The molecule has 0 spiro atoms. The second-order valence-electron chi connectivity index (χ2n) is 7.06. The molecule has 5 nitrogen and oxygen atoms in total. The second kappa shape index (κ2) is 6.74. The lowest BCUT2D eigenvalue weighted by Crippen LogP contribution is -2.38. The largest absolute Gasteiger partial charge is 0.379 e. The summed E-state index contributed by atoms with van der Waals surface area (Å²) >= 11 is 0. The molecule has 0 unspecified atom stereocenters. The minimum absolute atomic E-state index is 0.842. The van der Waals surface area contributed by atoms with Gasteiger partial charge < -0.3 is 13.8 Å². The molecule has 0 radical (unpaired) electrons. The van der Waals surface area contributed by atoms with Gasteiger partial charge in [-0.25, -0.2) is 0 Å². The maximum absolute atomic E-state index is 5.59. The zero-order valence-corrected chi connectivity index (χ0v) is 14.9. The third-order valence-corrected chi connectivity index (χ3v) is 5.52. The highest BCUT2D eigenvalue weighted by Gasteiger charge is 2.27. The molecule has 1 aliphatic carbocycles. The Balaban J connectivity index is 1.53. The van der Waals surface area contributed by atoms with E-state index in [4.69, 9.17) is 9.26 Å². The van der Waals surface area contributed by atoms with Crippen molar-refractivity contribution >= 4 is 0 Å². The molecule has 5 rings (SSSR count). The van der Waals surface area contributed by atoms with Crippen molar-refractivity contribution in [2.75, 3.05) is 32.8 Å². The quantitative estimate of drug-likeness (QED) is 0.725. The van der Waals surface area contributed by atoms with Crippen LogP contribution in [0.15, 0.2) is 47.2 Å². The topological polar surface area (TPSA) is 43.4 Å². The summed E-state index contributed by atoms with van der Waals surface area (Å²) in [5.74, 6) is 0.952. The molecule has 5 heteroatoms. The van der Waals surface area contributed by atoms with Crippen LogP contribution in [0.5, 0.6) is 0 Å². The van der Waals surface area contributed by atoms with E-state index in [-0.39, 0.29) is 0 Å². The zero-order valence-electron chi connectivity index (χ0n) is 14.9. The molecule has 0 saturated carbocycles. The lowest BCUT2D eigenvalue weighted by atomic mass is 9.91. The summed E-state index contributed by atoms with van der Waals surface area (Å²) < 4.78 is 13.5. The van der Waals surface area contributed by atoms with Gasteiger partial charge >= 0.3 is 0 Å². The van der Waals surface area contributed by atoms with Gasteiger partial charge in [0.05, 0.1) is 25.1 Å². The highest BCUT2D eigenvalue weighted by Crippen LogP contribution is 2.40. The van der Waals surface area contributed by atoms with Crippen LogP contribution in [-0.4, -0.2) is 47.5 Å². The van der Waals surface area contributed by atoms with Gasteiger partial charge in [-0.2, -0.15) is 0 Å². The maximum Gasteiger partial charge on any atom is 0.171 e. The van der Waals surface area contributed by atoms with Crippen LogP contribution in [0.25, 0.3) is 22.6 Å². The first kappa shape index (κ1) is 15.9. The van der Waals surface area contributed by atoms with E-state index >= 15 is 0 Å². The minimum atomic E-state index is 0.842. The number of hydrogen-bond donors (Lipinski definition) is 0. The Hall–Kier alpha value is -2.37. The van der Waals surface area contributed by atoms with Gasteiger partial charge in [-0.3, -0.25) is 4.90 Å². The molecular weight excluding hydrogens is 326 g/mol. The predicted molar refractivity (Wildman–Crippen MR) is 100 cm³/mol. The van der Waals surface area contributed by atoms with E-state index in [2.05, 4.69) is 51.2 Å². The number of benzene rings is 1. The predicted octanol–water partition coefficient (Wildman–Crippen LogP) is 3.24. The Bertz CT molecular complexity index is 891. The van der Waals surface area contributed by atoms with Crippen LogP contribution in [0.1, 0.15) is 11.1 Å². The summed E-state index contributed by atoms with van der Waals surface area (Å²) in [6.07, 6.45) is 6.17. The molecule has 1 fully saturated rings. The molecule has 0 bridgehead atoms. The van der Waals surface area contributed by atoms with Crippen molar-refractivity contribution in [3.63, 3.8) is 0 Å². The number of aromatic nitrogens is 2. The van der Waals surface area contributed by atoms with Crippen LogP contribution < -0.4 is 0 Å². The number of morpholine rings is 1. The van der Waals surface area contributed by atoms with Gasteiger partial charge in [-0.05, 0) is 24.0 Å². The van der Waals surface area contributed by atoms with Crippen molar-refractivity contribution in [1.82, 2.24) is 14.6 Å². The van der Waals surface area contributed by atoms with Crippen LogP contribution in [0.3, 0.4) is 0 Å². The standard InChI is InChI=1S/C21H23N3O2/c1-2-4-16(5-3-1)20-18-7-6-17-14-22-26-21(17)19(18)15-24(20)9-8-23-10-12-25-13-11-23/h1-5,14-15H,6-13H2. The van der Waals surface area contributed by atoms with Crippen LogP contribution in [0, 0.1) is 0 Å². The first-order valence-electron chi connectivity index (χ1n) is 9.41. The fourth-order valence-corrected chi connectivity index (χ4v) is 4.15. The number of nitrogens with zero attached hydrogens (tertiary/aromatic N) is 3. The third kappa shape index (κ3) is 2.77. The maximum atomic E-state index is 5.59. The number of ether oxygens (including phenoxy) is 1. The van der Waals surface area contributed by atoms with Gasteiger partial charge in [0.25, 0.3) is 0 Å². The Morgan fingerprint density at radius 1 is 1.00 bits per heavy atom. The van der Waals surface area contributed by atoms with E-state index in [0.29, 0.717) is 0 Å². The summed E-state index contributed by atoms with van der Waals surface area (Å²) in [6, 6.07) is 10.7. The normalized spacial score (nSPS) is 17.1. The molecule has 3 heterocycles. The van der Waals surface area contributed by atoms with E-state index in [1.165, 1.54) is 27.9 Å². The molecule has 2 aliphatic rings. The fraction of sp³-hybridized carbons (Fsp3) is 0.381. The molecule has 26 heavy (non-hydrogen) atoms. The van der Waals surface area contributed by atoms with Crippen molar-refractivity contribution in [2.24, 2.45) is 0 Å². The van der Waals surface area contributed by atoms with Crippen molar-refractivity contribution < 1.29 is 9.26 Å². The van der Waals surface area contributed by atoms with Crippen molar-refractivity contribution in [2.45, 2.75) is 19.4 Å². The summed E-state index contributed by atoms with van der Waals surface area (Å²) in [5, 5.41) is 4.03. The van der Waals surface area contributed by atoms with Crippen LogP contribution in [0.4, 0.5) is 0 Å². The van der Waals surface area contributed by atoms with Gasteiger partial charge in [0.15, 0.2) is 5.76 Å². The molecule has 134 valence electrons. The van der Waals surface area contributed by atoms with E-state index in [1.54, 1.807) is 0 Å². The van der Waals surface area contributed by atoms with E-state index in [1.807, 2.05) is 6.20 Å². The lowest BCUT2D eigenvalue weighted by molar-refractivity contribution is 0.0364. The number of aryl methyl sites for hydroxylation is 1. The summed E-state index contributed by atoms with van der Waals surface area (Å²) in [7, 11) is 0. The Morgan fingerprint density at radius 3 is 2.69 bits per heavy atom. The second-order valence-corrected chi connectivity index (χ2v) is 7.06. The smallest absolute Gasteiger partial charge is 0.171 e. The monoisotopic (exact) mass is 349 g/mol. The molecular formula is C21H23N3O2. The number of fused-ring (bicyclic) bond motifs is 3. The van der Waals surface area contributed by atoms with Crippen molar-refractivity contribution in [1.29, 1.82) is 0 Å². The van der Waals surface area contributed by atoms with Crippen LogP contribution >= 0.6 is 0 Å². The lowest BCUT2D eigenvalue weighted by Gasteiger charge is -2.27. The van der Waals surface area contributed by atoms with E-state index in [9.17, 15) is 0 Å². The minimum Gasteiger partial charge on any atom is -0.379 e. The summed E-state index contributed by atoms with van der Waals surface area (Å²) in [6.45, 7) is 5.74. The van der Waals surface area contributed by atoms with Gasteiger partial charge in [-0.15, -0.1) is 0 Å². The molecule has 2 aromatic heterocycles. The van der Waals surface area contributed by atoms with Gasteiger partial charge in [-0.1, -0.05) is 35.5 Å². The van der Waals surface area contributed by atoms with E-state index in [0.717, 1.165) is 58.0 Å². The molecule has 0 N–H and O–H groups in total. The Kier molecular flexibility index (Phi) is 4.11. The SMILES string of the molecule is c1ccc(-c2c3c(cn2CCN2CCOCC2)-c2oncc2CC3)cc1. The first-order chi connectivity index (χ1) is 12.9. The highest BCUT2D eigenvalue weighted by molar-refractivity contribution is 5.78. The summed E-state index contributed by atoms with van der Waals surface area (Å²) in [5.41, 5.74) is 6.43. The number of hydrogen-bond acceptors (Lipinski definition) is 4. The summed E-state index contributed by atoms with van der Waals surface area (Å²) in [4.78, 5) is 2.48. The Labute approximate surface area is 153 Å². The van der Waals surface area contributed by atoms with Gasteiger partial charge in [0, 0.05) is 43.5 Å². The van der Waals surface area contributed by atoms with Crippen LogP contribution in [0.2, 0.25) is 0 Å². The molecule has 0 amide bonds.